The summed E-state index contributed by atoms with van der Waals surface area (Å²) in [5, 5.41) is 1.31. The Hall–Kier alpha value is -0.600. The van der Waals surface area contributed by atoms with Gasteiger partial charge in [-0.3, -0.25) is 0 Å². The molecule has 0 aliphatic rings. The van der Waals surface area contributed by atoms with Crippen LogP contribution in [-0.2, 0) is 6.42 Å². The normalized spacial score (nSPS) is 10.6. The first kappa shape index (κ1) is 14.8. The number of hydrogen-bond acceptors (Lipinski definition) is 1. The van der Waals surface area contributed by atoms with E-state index in [4.69, 9.17) is 51.1 Å². The molecule has 0 fully saturated rings. The van der Waals surface area contributed by atoms with Crippen molar-refractivity contribution in [1.29, 1.82) is 0 Å². The SMILES string of the molecule is COc1c(Cl)c(Cl)c(Cc2ccccc2)c(Cl)c1Cl. The van der Waals surface area contributed by atoms with Gasteiger partial charge in [-0.15, -0.1) is 0 Å². The molecule has 0 N–H and O–H groups in total. The molecule has 1 nitrogen and oxygen atoms in total. The maximum Gasteiger partial charge on any atom is 0.159 e. The van der Waals surface area contributed by atoms with Crippen molar-refractivity contribution < 1.29 is 4.74 Å². The zero-order valence-corrected chi connectivity index (χ0v) is 13.0. The highest BCUT2D eigenvalue weighted by molar-refractivity contribution is 6.49. The van der Waals surface area contributed by atoms with E-state index in [1.165, 1.54) is 7.11 Å². The fourth-order valence-electron chi connectivity index (χ4n) is 1.79. The first-order valence-electron chi connectivity index (χ1n) is 5.49. The summed E-state index contributed by atoms with van der Waals surface area (Å²) in [7, 11) is 1.47. The van der Waals surface area contributed by atoms with Crippen LogP contribution in [-0.4, -0.2) is 7.11 Å². The van der Waals surface area contributed by atoms with Gasteiger partial charge in [0.15, 0.2) is 5.75 Å². The molecule has 100 valence electrons. The van der Waals surface area contributed by atoms with Gasteiger partial charge in [-0.05, 0) is 11.1 Å². The number of ether oxygens (including phenoxy) is 1. The molecule has 5 heteroatoms. The third-order valence-corrected chi connectivity index (χ3v) is 4.49. The van der Waals surface area contributed by atoms with Gasteiger partial charge in [0, 0.05) is 6.42 Å². The second-order valence-electron chi connectivity index (χ2n) is 3.93. The number of hydrogen-bond donors (Lipinski definition) is 0. The summed E-state index contributed by atoms with van der Waals surface area (Å²) in [4.78, 5) is 0. The van der Waals surface area contributed by atoms with Crippen molar-refractivity contribution in [3.05, 3.63) is 61.5 Å². The van der Waals surface area contributed by atoms with Gasteiger partial charge in [-0.25, -0.2) is 0 Å². The van der Waals surface area contributed by atoms with Crippen LogP contribution >= 0.6 is 46.4 Å². The quantitative estimate of drug-likeness (QED) is 0.634. The first-order chi connectivity index (χ1) is 9.06. The molecule has 0 spiro atoms. The van der Waals surface area contributed by atoms with Crippen LogP contribution in [0.25, 0.3) is 0 Å². The average molecular weight is 336 g/mol. The number of methoxy groups -OCH3 is 1. The van der Waals surface area contributed by atoms with Gasteiger partial charge in [-0.2, -0.15) is 0 Å². The fraction of sp³-hybridized carbons (Fsp3) is 0.143. The van der Waals surface area contributed by atoms with Gasteiger partial charge in [-0.1, -0.05) is 76.7 Å². The third-order valence-electron chi connectivity index (χ3n) is 2.74. The molecule has 0 atom stereocenters. The van der Waals surface area contributed by atoms with E-state index in [0.717, 1.165) is 5.56 Å². The van der Waals surface area contributed by atoms with E-state index in [2.05, 4.69) is 0 Å². The van der Waals surface area contributed by atoms with E-state index in [9.17, 15) is 0 Å². The Morgan fingerprint density at radius 3 is 1.84 bits per heavy atom. The van der Waals surface area contributed by atoms with Crippen molar-refractivity contribution in [3.63, 3.8) is 0 Å². The van der Waals surface area contributed by atoms with Crippen LogP contribution in [0.4, 0.5) is 0 Å². The van der Waals surface area contributed by atoms with E-state index < -0.39 is 0 Å². The molecule has 2 rings (SSSR count). The second-order valence-corrected chi connectivity index (χ2v) is 5.44. The second kappa shape index (κ2) is 6.23. The van der Waals surface area contributed by atoms with Gasteiger partial charge in [0.1, 0.15) is 10.0 Å². The molecule has 0 aliphatic heterocycles. The Morgan fingerprint density at radius 2 is 1.37 bits per heavy atom. The predicted octanol–water partition coefficient (Wildman–Crippen LogP) is 5.90. The highest BCUT2D eigenvalue weighted by Gasteiger charge is 2.20. The maximum absolute atomic E-state index is 6.25. The van der Waals surface area contributed by atoms with Crippen LogP contribution in [0.5, 0.6) is 5.75 Å². The van der Waals surface area contributed by atoms with Crippen molar-refractivity contribution in [1.82, 2.24) is 0 Å². The highest BCUT2D eigenvalue weighted by atomic mass is 35.5. The van der Waals surface area contributed by atoms with Crippen LogP contribution in [0, 0.1) is 0 Å². The van der Waals surface area contributed by atoms with E-state index >= 15 is 0 Å². The zero-order valence-electron chi connectivity index (χ0n) is 10.0. The lowest BCUT2D eigenvalue weighted by Gasteiger charge is -2.14. The largest absolute Gasteiger partial charge is 0.494 e. The molecule has 0 bridgehead atoms. The molecule has 0 aliphatic carbocycles. The molecule has 0 unspecified atom stereocenters. The van der Waals surface area contributed by atoms with Gasteiger partial charge in [0.25, 0.3) is 0 Å². The summed E-state index contributed by atoms with van der Waals surface area (Å²) >= 11 is 24.8. The van der Waals surface area contributed by atoms with Gasteiger partial charge in [0.05, 0.1) is 17.2 Å². The van der Waals surface area contributed by atoms with Crippen LogP contribution in [0.15, 0.2) is 30.3 Å². The lowest BCUT2D eigenvalue weighted by atomic mass is 10.0. The summed E-state index contributed by atoms with van der Waals surface area (Å²) < 4.78 is 5.11. The number of rotatable bonds is 3. The first-order valence-corrected chi connectivity index (χ1v) is 7.00. The van der Waals surface area contributed by atoms with Crippen molar-refractivity contribution in [3.8, 4) is 5.75 Å². The summed E-state index contributed by atoms with van der Waals surface area (Å²) in [6.45, 7) is 0. The zero-order chi connectivity index (χ0) is 14.0. The molecular formula is C14H10Cl4O. The van der Waals surface area contributed by atoms with Crippen molar-refractivity contribution >= 4 is 46.4 Å². The topological polar surface area (TPSA) is 9.23 Å². The minimum Gasteiger partial charge on any atom is -0.494 e. The van der Waals surface area contributed by atoms with Crippen LogP contribution < -0.4 is 4.74 Å². The lowest BCUT2D eigenvalue weighted by Crippen LogP contribution is -1.96. The van der Waals surface area contributed by atoms with Crippen LogP contribution in [0.2, 0.25) is 20.1 Å². The summed E-state index contributed by atoms with van der Waals surface area (Å²) in [6, 6.07) is 9.81. The monoisotopic (exact) mass is 334 g/mol. The van der Waals surface area contributed by atoms with E-state index in [1.54, 1.807) is 0 Å². The predicted molar refractivity (Wildman–Crippen MR) is 82.3 cm³/mol. The van der Waals surface area contributed by atoms with Crippen molar-refractivity contribution in [2.24, 2.45) is 0 Å². The third kappa shape index (κ3) is 2.95. The maximum atomic E-state index is 6.25. The molecule has 0 saturated carbocycles. The molecule has 2 aromatic carbocycles. The standard InChI is InChI=1S/C14H10Cl4O/c1-19-14-12(17)10(15)9(11(16)13(14)18)7-8-5-3-2-4-6-8/h2-6H,7H2,1H3. The molecule has 0 radical (unpaired) electrons. The Balaban J connectivity index is 2.53. The smallest absolute Gasteiger partial charge is 0.159 e. The summed E-state index contributed by atoms with van der Waals surface area (Å²) in [6.07, 6.45) is 0.557. The Bertz CT molecular complexity index is 567. The Morgan fingerprint density at radius 1 is 0.842 bits per heavy atom. The Labute approximate surface area is 132 Å². The highest BCUT2D eigenvalue weighted by Crippen LogP contribution is 2.46. The van der Waals surface area contributed by atoms with Gasteiger partial charge < -0.3 is 4.74 Å². The molecule has 2 aromatic rings. The minimum atomic E-state index is 0.282. The molecule has 0 amide bonds. The van der Waals surface area contributed by atoms with Crippen LogP contribution in [0.1, 0.15) is 11.1 Å². The van der Waals surface area contributed by atoms with Gasteiger partial charge >= 0.3 is 0 Å². The molecule has 0 saturated heterocycles. The van der Waals surface area contributed by atoms with Gasteiger partial charge in [0.2, 0.25) is 0 Å². The molecule has 0 heterocycles. The molecule has 0 aromatic heterocycles. The Kier molecular flexibility index (Phi) is 4.86. The van der Waals surface area contributed by atoms with E-state index in [0.29, 0.717) is 27.8 Å². The van der Waals surface area contributed by atoms with Crippen molar-refractivity contribution in [2.45, 2.75) is 6.42 Å². The fourth-order valence-corrected chi connectivity index (χ4v) is 2.95. The number of benzene rings is 2. The number of halogens is 4. The lowest BCUT2D eigenvalue weighted by molar-refractivity contribution is 0.415. The van der Waals surface area contributed by atoms with E-state index in [1.807, 2.05) is 30.3 Å². The minimum absolute atomic E-state index is 0.282. The van der Waals surface area contributed by atoms with Crippen LogP contribution in [0.3, 0.4) is 0 Å². The van der Waals surface area contributed by atoms with E-state index in [-0.39, 0.29) is 10.0 Å². The summed E-state index contributed by atoms with van der Waals surface area (Å²) in [5.74, 6) is 0.301. The average Bonchev–Trinajstić information content (AvgIpc) is 2.43. The summed E-state index contributed by atoms with van der Waals surface area (Å²) in [5.41, 5.74) is 1.77. The molecule has 19 heavy (non-hydrogen) atoms. The molecular weight excluding hydrogens is 326 g/mol. The van der Waals surface area contributed by atoms with Crippen molar-refractivity contribution in [2.75, 3.05) is 7.11 Å².